The Morgan fingerprint density at radius 3 is 2.35 bits per heavy atom. The first kappa shape index (κ1) is 14.0. The molecule has 0 radical (unpaired) electrons. The number of nitrogens with one attached hydrogen (secondary N) is 1. The van der Waals surface area contributed by atoms with Gasteiger partial charge in [-0.1, -0.05) is 48.5 Å². The topological polar surface area (TPSA) is 46.2 Å². The Morgan fingerprint density at radius 2 is 1.65 bits per heavy atom. The summed E-state index contributed by atoms with van der Waals surface area (Å²) in [4.78, 5) is 23.9. The third-order valence-corrected chi connectivity index (χ3v) is 2.96. The largest absolute Gasteiger partial charge is 0.356 e. The monoisotopic (exact) mass is 267 g/mol. The predicted molar refractivity (Wildman–Crippen MR) is 78.7 cm³/mol. The van der Waals surface area contributed by atoms with Crippen LogP contribution in [0.2, 0.25) is 0 Å². The van der Waals surface area contributed by atoms with Crippen LogP contribution in [0, 0.1) is 0 Å². The maximum Gasteiger partial charge on any atom is 0.224 e. The molecule has 0 aliphatic carbocycles. The van der Waals surface area contributed by atoms with Crippen LogP contribution in [-0.4, -0.2) is 18.2 Å². The Balaban J connectivity index is 2.18. The predicted octanol–water partition coefficient (Wildman–Crippen LogP) is 2.60. The average molecular weight is 267 g/mol. The van der Waals surface area contributed by atoms with Crippen molar-refractivity contribution in [2.24, 2.45) is 0 Å². The second-order valence-corrected chi connectivity index (χ2v) is 4.53. The minimum atomic E-state index is -0.0307. The van der Waals surface area contributed by atoms with E-state index in [1.807, 2.05) is 37.3 Å². The van der Waals surface area contributed by atoms with E-state index in [0.717, 1.165) is 5.56 Å². The van der Waals surface area contributed by atoms with Gasteiger partial charge in [0.1, 0.15) is 0 Å². The summed E-state index contributed by atoms with van der Waals surface area (Å²) in [7, 11) is 0. The zero-order valence-electron chi connectivity index (χ0n) is 11.4. The number of likely N-dealkylation sites (N-methyl/N-ethyl adjacent to an activating group) is 1. The SMILES string of the molecule is CCNC(=O)Cc1cccc(C(=O)c2ccccc2)c1. The number of ketones is 1. The molecule has 0 heterocycles. The number of hydrogen-bond acceptors (Lipinski definition) is 2. The van der Waals surface area contributed by atoms with Crippen LogP contribution in [0.5, 0.6) is 0 Å². The summed E-state index contributed by atoms with van der Waals surface area (Å²) in [5, 5.41) is 2.75. The third kappa shape index (κ3) is 3.54. The molecule has 0 atom stereocenters. The molecule has 0 aliphatic heterocycles. The second-order valence-electron chi connectivity index (χ2n) is 4.53. The van der Waals surface area contributed by atoms with Crippen LogP contribution >= 0.6 is 0 Å². The molecule has 3 nitrogen and oxygen atoms in total. The van der Waals surface area contributed by atoms with Gasteiger partial charge in [0.2, 0.25) is 5.91 Å². The van der Waals surface area contributed by atoms with Gasteiger partial charge in [0.15, 0.2) is 5.78 Å². The van der Waals surface area contributed by atoms with E-state index in [9.17, 15) is 9.59 Å². The standard InChI is InChI=1S/C17H17NO2/c1-2-18-16(19)12-13-7-6-10-15(11-13)17(20)14-8-4-3-5-9-14/h3-11H,2,12H2,1H3,(H,18,19). The summed E-state index contributed by atoms with van der Waals surface area (Å²) in [5.74, 6) is -0.0554. The van der Waals surface area contributed by atoms with Crippen LogP contribution in [0.1, 0.15) is 28.4 Å². The Kier molecular flexibility index (Phi) is 4.66. The molecule has 3 heteroatoms. The number of benzene rings is 2. The fourth-order valence-electron chi connectivity index (χ4n) is 2.02. The molecule has 1 N–H and O–H groups in total. The molecule has 0 fully saturated rings. The van der Waals surface area contributed by atoms with Crippen molar-refractivity contribution in [2.45, 2.75) is 13.3 Å². The normalized spacial score (nSPS) is 10.1. The minimum absolute atomic E-state index is 0.0247. The molecule has 0 saturated carbocycles. The van der Waals surface area contributed by atoms with Crippen molar-refractivity contribution < 1.29 is 9.59 Å². The lowest BCUT2D eigenvalue weighted by Gasteiger charge is -2.05. The van der Waals surface area contributed by atoms with E-state index in [4.69, 9.17) is 0 Å². The summed E-state index contributed by atoms with van der Waals surface area (Å²) >= 11 is 0. The molecule has 0 saturated heterocycles. The fraction of sp³-hybridized carbons (Fsp3) is 0.176. The van der Waals surface area contributed by atoms with Crippen LogP contribution in [0.3, 0.4) is 0 Å². The lowest BCUT2D eigenvalue weighted by molar-refractivity contribution is -0.120. The number of amides is 1. The van der Waals surface area contributed by atoms with Gasteiger partial charge in [-0.15, -0.1) is 0 Å². The van der Waals surface area contributed by atoms with Gasteiger partial charge in [0, 0.05) is 17.7 Å². The van der Waals surface area contributed by atoms with E-state index in [1.165, 1.54) is 0 Å². The van der Waals surface area contributed by atoms with Crippen molar-refractivity contribution in [1.29, 1.82) is 0 Å². The van der Waals surface area contributed by atoms with E-state index in [0.29, 0.717) is 24.1 Å². The van der Waals surface area contributed by atoms with Crippen molar-refractivity contribution in [1.82, 2.24) is 5.32 Å². The molecule has 1 amide bonds. The van der Waals surface area contributed by atoms with Gasteiger partial charge < -0.3 is 5.32 Å². The van der Waals surface area contributed by atoms with Crippen molar-refractivity contribution in [3.05, 3.63) is 71.3 Å². The first-order valence-corrected chi connectivity index (χ1v) is 6.66. The number of hydrogen-bond donors (Lipinski definition) is 1. The molecule has 20 heavy (non-hydrogen) atoms. The highest BCUT2D eigenvalue weighted by atomic mass is 16.1. The lowest BCUT2D eigenvalue weighted by Crippen LogP contribution is -2.24. The van der Waals surface area contributed by atoms with E-state index in [-0.39, 0.29) is 11.7 Å². The molecular formula is C17H17NO2. The van der Waals surface area contributed by atoms with E-state index < -0.39 is 0 Å². The van der Waals surface area contributed by atoms with E-state index in [1.54, 1.807) is 24.3 Å². The Hall–Kier alpha value is -2.42. The molecule has 102 valence electrons. The van der Waals surface area contributed by atoms with Gasteiger partial charge in [0.25, 0.3) is 0 Å². The van der Waals surface area contributed by atoms with E-state index >= 15 is 0 Å². The highest BCUT2D eigenvalue weighted by molar-refractivity contribution is 6.09. The summed E-state index contributed by atoms with van der Waals surface area (Å²) in [6, 6.07) is 16.4. The molecule has 0 spiro atoms. The van der Waals surface area contributed by atoms with Crippen molar-refractivity contribution in [3.8, 4) is 0 Å². The van der Waals surface area contributed by atoms with Gasteiger partial charge >= 0.3 is 0 Å². The smallest absolute Gasteiger partial charge is 0.224 e. The molecule has 2 aromatic carbocycles. The van der Waals surface area contributed by atoms with Gasteiger partial charge in [-0.05, 0) is 18.6 Å². The molecule has 2 aromatic rings. The van der Waals surface area contributed by atoms with Crippen LogP contribution in [-0.2, 0) is 11.2 Å². The molecule has 0 aromatic heterocycles. The van der Waals surface area contributed by atoms with Crippen LogP contribution in [0.15, 0.2) is 54.6 Å². The average Bonchev–Trinajstić information content (AvgIpc) is 2.48. The van der Waals surface area contributed by atoms with Gasteiger partial charge in [0.05, 0.1) is 6.42 Å². The van der Waals surface area contributed by atoms with Gasteiger partial charge in [-0.3, -0.25) is 9.59 Å². The zero-order chi connectivity index (χ0) is 14.4. The Bertz CT molecular complexity index is 605. The number of rotatable bonds is 5. The molecule has 0 unspecified atom stereocenters. The molecule has 0 aliphatic rings. The molecule has 0 bridgehead atoms. The maximum absolute atomic E-state index is 12.3. The van der Waals surface area contributed by atoms with Crippen LogP contribution < -0.4 is 5.32 Å². The van der Waals surface area contributed by atoms with Gasteiger partial charge in [-0.2, -0.15) is 0 Å². The van der Waals surface area contributed by atoms with Crippen molar-refractivity contribution in [2.75, 3.05) is 6.54 Å². The Labute approximate surface area is 118 Å². The van der Waals surface area contributed by atoms with Crippen LogP contribution in [0.4, 0.5) is 0 Å². The summed E-state index contributed by atoms with van der Waals surface area (Å²) in [6.07, 6.45) is 0.295. The quantitative estimate of drug-likeness (QED) is 0.846. The lowest BCUT2D eigenvalue weighted by atomic mass is 10.0. The fourth-order valence-corrected chi connectivity index (χ4v) is 2.02. The first-order valence-electron chi connectivity index (χ1n) is 6.66. The third-order valence-electron chi connectivity index (χ3n) is 2.96. The summed E-state index contributed by atoms with van der Waals surface area (Å²) in [5.41, 5.74) is 2.11. The second kappa shape index (κ2) is 6.66. The molecule has 2 rings (SSSR count). The number of carbonyl (C=O) groups excluding carboxylic acids is 2. The molecular weight excluding hydrogens is 250 g/mol. The Morgan fingerprint density at radius 1 is 0.950 bits per heavy atom. The highest BCUT2D eigenvalue weighted by Gasteiger charge is 2.10. The first-order chi connectivity index (χ1) is 9.70. The van der Waals surface area contributed by atoms with E-state index in [2.05, 4.69) is 5.32 Å². The summed E-state index contributed by atoms with van der Waals surface area (Å²) in [6.45, 7) is 2.49. The van der Waals surface area contributed by atoms with Crippen molar-refractivity contribution in [3.63, 3.8) is 0 Å². The zero-order valence-corrected chi connectivity index (χ0v) is 11.4. The highest BCUT2D eigenvalue weighted by Crippen LogP contribution is 2.12. The van der Waals surface area contributed by atoms with Gasteiger partial charge in [-0.25, -0.2) is 0 Å². The van der Waals surface area contributed by atoms with Crippen LogP contribution in [0.25, 0.3) is 0 Å². The maximum atomic E-state index is 12.3. The number of carbonyl (C=O) groups is 2. The summed E-state index contributed by atoms with van der Waals surface area (Å²) < 4.78 is 0. The van der Waals surface area contributed by atoms with Crippen molar-refractivity contribution >= 4 is 11.7 Å². The minimum Gasteiger partial charge on any atom is -0.356 e.